The molecule has 2 aromatic rings. The second-order valence-electron chi connectivity index (χ2n) is 3.15. The van der Waals surface area contributed by atoms with Crippen molar-refractivity contribution in [3.8, 4) is 0 Å². The van der Waals surface area contributed by atoms with E-state index in [1.165, 1.54) is 12.4 Å². The first-order chi connectivity index (χ1) is 7.70. The van der Waals surface area contributed by atoms with Gasteiger partial charge in [0.25, 0.3) is 11.1 Å². The zero-order valence-electron chi connectivity index (χ0n) is 8.19. The lowest BCUT2D eigenvalue weighted by Crippen LogP contribution is -2.22. The van der Waals surface area contributed by atoms with Crippen LogP contribution < -0.4 is 11.1 Å². The molecular weight excluding hydrogens is 224 g/mol. The average molecular weight is 232 g/mol. The van der Waals surface area contributed by atoms with Crippen LogP contribution in [0.15, 0.2) is 46.2 Å². The summed E-state index contributed by atoms with van der Waals surface area (Å²) in [5.41, 5.74) is 0.0647. The predicted octanol–water partition coefficient (Wildman–Crippen LogP) is 0.830. The van der Waals surface area contributed by atoms with Gasteiger partial charge in [-0.2, -0.15) is 0 Å². The highest BCUT2D eigenvalue weighted by Gasteiger charge is 2.10. The maximum absolute atomic E-state index is 11.5. The molecule has 16 heavy (non-hydrogen) atoms. The lowest BCUT2D eigenvalue weighted by molar-refractivity contribution is 1.21. The van der Waals surface area contributed by atoms with Gasteiger partial charge in [0.15, 0.2) is 0 Å². The number of H-pyrrole nitrogens is 2. The topological polar surface area (TPSA) is 65.7 Å². The van der Waals surface area contributed by atoms with E-state index in [0.29, 0.717) is 11.1 Å². The second-order valence-corrected chi connectivity index (χ2v) is 3.56. The minimum Gasteiger partial charge on any atom is -0.329 e. The number of hydrogen-bond acceptors (Lipinski definition) is 3. The van der Waals surface area contributed by atoms with Gasteiger partial charge in [-0.25, -0.2) is 0 Å². The Morgan fingerprint density at radius 1 is 0.938 bits per heavy atom. The van der Waals surface area contributed by atoms with E-state index < -0.39 is 0 Å². The molecule has 0 saturated carbocycles. The maximum Gasteiger partial charge on any atom is 0.256 e. The number of nitrogens with one attached hydrogen (secondary N) is 2. The number of thiocarbonyl (C=S) groups is 1. The molecule has 2 rings (SSSR count). The van der Waals surface area contributed by atoms with E-state index in [1.54, 1.807) is 24.3 Å². The van der Waals surface area contributed by atoms with E-state index in [1.807, 2.05) is 0 Å². The van der Waals surface area contributed by atoms with Gasteiger partial charge in [-0.15, -0.1) is 0 Å². The second kappa shape index (κ2) is 4.24. The van der Waals surface area contributed by atoms with Crippen molar-refractivity contribution < 1.29 is 0 Å². The van der Waals surface area contributed by atoms with Gasteiger partial charge >= 0.3 is 0 Å². The number of hydrogen-bond donors (Lipinski definition) is 2. The fraction of sp³-hybridized carbons (Fsp3) is 0. The van der Waals surface area contributed by atoms with E-state index in [9.17, 15) is 9.59 Å². The molecule has 0 bridgehead atoms. The third kappa shape index (κ3) is 1.85. The summed E-state index contributed by atoms with van der Waals surface area (Å²) in [6, 6.07) is 6.52. The summed E-state index contributed by atoms with van der Waals surface area (Å²) in [6.45, 7) is 0. The molecule has 2 aromatic heterocycles. The lowest BCUT2D eigenvalue weighted by atomic mass is 10.1. The average Bonchev–Trinajstić information content (AvgIpc) is 2.29. The first-order valence-electron chi connectivity index (χ1n) is 4.60. The van der Waals surface area contributed by atoms with Crippen LogP contribution in [-0.2, 0) is 0 Å². The highest BCUT2D eigenvalue weighted by Crippen LogP contribution is 2.01. The van der Waals surface area contributed by atoms with Gasteiger partial charge < -0.3 is 9.97 Å². The normalized spacial score (nSPS) is 10.0. The van der Waals surface area contributed by atoms with Crippen LogP contribution in [0.4, 0.5) is 0 Å². The van der Waals surface area contributed by atoms with E-state index in [-0.39, 0.29) is 16.0 Å². The third-order valence-electron chi connectivity index (χ3n) is 2.13. The van der Waals surface area contributed by atoms with Crippen LogP contribution in [0.2, 0.25) is 0 Å². The number of aromatic amines is 2. The Morgan fingerprint density at radius 2 is 1.38 bits per heavy atom. The first-order valence-corrected chi connectivity index (χ1v) is 5.01. The molecule has 2 heterocycles. The minimum atomic E-state index is -0.296. The van der Waals surface area contributed by atoms with Gasteiger partial charge in [0.1, 0.15) is 0 Å². The Hall–Kier alpha value is -2.01. The molecule has 0 saturated heterocycles. The number of rotatable bonds is 2. The van der Waals surface area contributed by atoms with Crippen LogP contribution in [0.3, 0.4) is 0 Å². The van der Waals surface area contributed by atoms with Crippen LogP contribution in [-0.4, -0.2) is 14.8 Å². The molecule has 5 heteroatoms. The molecule has 0 aromatic carbocycles. The highest BCUT2D eigenvalue weighted by atomic mass is 32.1. The fourth-order valence-corrected chi connectivity index (χ4v) is 1.67. The van der Waals surface area contributed by atoms with Crippen LogP contribution in [0.25, 0.3) is 0 Å². The predicted molar refractivity (Wildman–Crippen MR) is 64.9 cm³/mol. The SMILES string of the molecule is O=c1[nH]cccc1C(=S)c1ccc[nH]c1=O. The van der Waals surface area contributed by atoms with Crippen molar-refractivity contribution in [3.63, 3.8) is 0 Å². The summed E-state index contributed by atoms with van der Waals surface area (Å²) < 4.78 is 0. The molecular formula is C11H8N2O2S. The Bertz CT molecular complexity index is 587. The van der Waals surface area contributed by atoms with Crippen LogP contribution in [0.1, 0.15) is 11.1 Å². The number of pyridine rings is 2. The van der Waals surface area contributed by atoms with E-state index >= 15 is 0 Å². The van der Waals surface area contributed by atoms with Crippen LogP contribution >= 0.6 is 12.2 Å². The summed E-state index contributed by atoms with van der Waals surface area (Å²) in [4.78, 5) is 28.3. The van der Waals surface area contributed by atoms with E-state index in [2.05, 4.69) is 9.97 Å². The first kappa shape index (κ1) is 10.5. The zero-order chi connectivity index (χ0) is 11.5. The smallest absolute Gasteiger partial charge is 0.256 e. The monoisotopic (exact) mass is 232 g/mol. The molecule has 0 fully saturated rings. The summed E-state index contributed by atoms with van der Waals surface area (Å²) in [7, 11) is 0. The third-order valence-corrected chi connectivity index (χ3v) is 2.57. The molecule has 0 unspecified atom stereocenters. The fourth-order valence-electron chi connectivity index (χ4n) is 1.35. The molecule has 4 nitrogen and oxygen atoms in total. The Labute approximate surface area is 96.0 Å². The summed E-state index contributed by atoms with van der Waals surface area (Å²) in [6.07, 6.45) is 3.04. The van der Waals surface area contributed by atoms with Gasteiger partial charge in [0, 0.05) is 12.4 Å². The molecule has 0 aliphatic heterocycles. The van der Waals surface area contributed by atoms with E-state index in [4.69, 9.17) is 12.2 Å². The quantitative estimate of drug-likeness (QED) is 0.595. The summed E-state index contributed by atoms with van der Waals surface area (Å²) >= 11 is 5.12. The molecule has 0 radical (unpaired) electrons. The van der Waals surface area contributed by atoms with Gasteiger partial charge in [0.2, 0.25) is 0 Å². The van der Waals surface area contributed by atoms with Crippen molar-refractivity contribution in [2.45, 2.75) is 0 Å². The maximum atomic E-state index is 11.5. The summed E-state index contributed by atoms with van der Waals surface area (Å²) in [5, 5.41) is 0. The Kier molecular flexibility index (Phi) is 2.78. The van der Waals surface area contributed by atoms with Gasteiger partial charge in [-0.1, -0.05) is 12.2 Å². The molecule has 0 aliphatic carbocycles. The van der Waals surface area contributed by atoms with Gasteiger partial charge in [0.05, 0.1) is 16.0 Å². The Morgan fingerprint density at radius 3 is 1.75 bits per heavy atom. The molecule has 80 valence electrons. The number of aromatic nitrogens is 2. The molecule has 0 atom stereocenters. The van der Waals surface area contributed by atoms with Gasteiger partial charge in [-0.3, -0.25) is 9.59 Å². The molecule has 2 N–H and O–H groups in total. The molecule has 0 amide bonds. The van der Waals surface area contributed by atoms with Crippen LogP contribution in [0.5, 0.6) is 0 Å². The molecule has 0 spiro atoms. The summed E-state index contributed by atoms with van der Waals surface area (Å²) in [5.74, 6) is 0. The zero-order valence-corrected chi connectivity index (χ0v) is 9.01. The molecule has 0 aliphatic rings. The van der Waals surface area contributed by atoms with Crippen molar-refractivity contribution in [3.05, 3.63) is 68.5 Å². The van der Waals surface area contributed by atoms with Crippen molar-refractivity contribution in [1.82, 2.24) is 9.97 Å². The minimum absolute atomic E-state index is 0.253. The largest absolute Gasteiger partial charge is 0.329 e. The van der Waals surface area contributed by atoms with Gasteiger partial charge in [-0.05, 0) is 24.3 Å². The van der Waals surface area contributed by atoms with E-state index in [0.717, 1.165) is 0 Å². The Balaban J connectivity index is 2.57. The standard InChI is InChI=1S/C11H8N2O2S/c14-10-7(3-1-5-12-10)9(16)8-4-2-6-13-11(8)15/h1-6H,(H,12,14)(H,13,15). The van der Waals surface area contributed by atoms with Crippen molar-refractivity contribution in [1.29, 1.82) is 0 Å². The van der Waals surface area contributed by atoms with Crippen molar-refractivity contribution in [2.24, 2.45) is 0 Å². The highest BCUT2D eigenvalue weighted by molar-refractivity contribution is 7.81. The van der Waals surface area contributed by atoms with Crippen molar-refractivity contribution in [2.75, 3.05) is 0 Å². The van der Waals surface area contributed by atoms with Crippen molar-refractivity contribution >= 4 is 17.1 Å². The van der Waals surface area contributed by atoms with Crippen LogP contribution in [0, 0.1) is 0 Å². The lowest BCUT2D eigenvalue weighted by Gasteiger charge is -2.01.